The third-order valence-electron chi connectivity index (χ3n) is 1.30. The van der Waals surface area contributed by atoms with E-state index >= 15 is 0 Å². The van der Waals surface area contributed by atoms with E-state index in [4.69, 9.17) is 0 Å². The lowest BCUT2D eigenvalue weighted by atomic mass is 10.5. The average molecular weight is 313 g/mol. The molecule has 0 spiro atoms. The number of pyridine rings is 2. The third kappa shape index (κ3) is 30.2. The minimum Gasteiger partial charge on any atom is -0.265 e. The fourth-order valence-electron chi connectivity index (χ4n) is 0.625. The van der Waals surface area contributed by atoms with E-state index in [2.05, 4.69) is 22.5 Å². The van der Waals surface area contributed by atoms with E-state index in [1.165, 1.54) is 0 Å². The fraction of sp³-hybridized carbons (Fsp3) is 0.375. The van der Waals surface area contributed by atoms with Gasteiger partial charge in [-0.2, -0.15) is 0 Å². The van der Waals surface area contributed by atoms with Crippen LogP contribution >= 0.6 is 21.6 Å². The monoisotopic (exact) mass is 312 g/mol. The number of nitrogens with zero attached hydrogens (tertiary/aromatic N) is 2. The molecule has 0 amide bonds. The van der Waals surface area contributed by atoms with Crippen LogP contribution in [0.2, 0.25) is 0 Å². The minimum atomic E-state index is 1.75. The minimum absolute atomic E-state index is 1.75. The highest BCUT2D eigenvalue weighted by atomic mass is 33.1. The van der Waals surface area contributed by atoms with Gasteiger partial charge < -0.3 is 0 Å². The molecule has 0 unspecified atom stereocenters. The van der Waals surface area contributed by atoms with Gasteiger partial charge in [-0.3, -0.25) is 9.97 Å². The Kier molecular flexibility index (Phi) is 37.0. The van der Waals surface area contributed by atoms with Gasteiger partial charge in [-0.05, 0) is 36.8 Å². The standard InChI is InChI=1S/2C5H5N.C2H6S2.2C2H6/c2*1-2-4-6-5-3-1;1-3-4-2;2*1-2/h2*1-5H;1-2H3;2*1-2H3. The molecule has 114 valence electrons. The van der Waals surface area contributed by atoms with Crippen LogP contribution in [-0.2, 0) is 0 Å². The predicted molar refractivity (Wildman–Crippen MR) is 98.2 cm³/mol. The summed E-state index contributed by atoms with van der Waals surface area (Å²) in [6.45, 7) is 8.00. The van der Waals surface area contributed by atoms with Crippen LogP contribution in [0.15, 0.2) is 61.2 Å². The Morgan fingerprint density at radius 2 is 0.750 bits per heavy atom. The van der Waals surface area contributed by atoms with Crippen LogP contribution in [0.4, 0.5) is 0 Å². The summed E-state index contributed by atoms with van der Waals surface area (Å²) in [7, 11) is 3.55. The number of rotatable bonds is 1. The molecule has 0 atom stereocenters. The molecule has 2 aromatic rings. The molecule has 0 aromatic carbocycles. The van der Waals surface area contributed by atoms with E-state index in [-0.39, 0.29) is 0 Å². The first-order chi connectivity index (χ1) is 9.91. The Bertz CT molecular complexity index is 218. The van der Waals surface area contributed by atoms with Gasteiger partial charge in [-0.25, -0.2) is 0 Å². The summed E-state index contributed by atoms with van der Waals surface area (Å²) >= 11 is 0. The molecule has 2 nitrogen and oxygen atoms in total. The molecule has 0 aliphatic heterocycles. The van der Waals surface area contributed by atoms with E-state index in [0.29, 0.717) is 0 Å². The van der Waals surface area contributed by atoms with Gasteiger partial charge in [0.25, 0.3) is 0 Å². The largest absolute Gasteiger partial charge is 0.265 e. The van der Waals surface area contributed by atoms with Crippen molar-refractivity contribution < 1.29 is 0 Å². The van der Waals surface area contributed by atoms with Gasteiger partial charge >= 0.3 is 0 Å². The summed E-state index contributed by atoms with van der Waals surface area (Å²) in [6, 6.07) is 11.4. The number of aromatic nitrogens is 2. The maximum atomic E-state index is 3.78. The van der Waals surface area contributed by atoms with Crippen molar-refractivity contribution in [2.45, 2.75) is 27.7 Å². The molecule has 2 rings (SSSR count). The van der Waals surface area contributed by atoms with Crippen LogP contribution < -0.4 is 0 Å². The summed E-state index contributed by atoms with van der Waals surface area (Å²) in [5, 5.41) is 0. The second-order valence-electron chi connectivity index (χ2n) is 2.38. The third-order valence-corrected chi connectivity index (χ3v) is 2.63. The van der Waals surface area contributed by atoms with Crippen molar-refractivity contribution in [3.63, 3.8) is 0 Å². The Hall–Kier alpha value is -1.00. The lowest BCUT2D eigenvalue weighted by Gasteiger charge is -1.70. The fourth-order valence-corrected chi connectivity index (χ4v) is 0.625. The van der Waals surface area contributed by atoms with E-state index in [9.17, 15) is 0 Å². The number of hydrogen-bond donors (Lipinski definition) is 0. The Morgan fingerprint density at radius 3 is 0.800 bits per heavy atom. The highest BCUT2D eigenvalue weighted by molar-refractivity contribution is 8.76. The van der Waals surface area contributed by atoms with Crippen molar-refractivity contribution in [2.75, 3.05) is 12.5 Å². The van der Waals surface area contributed by atoms with Gasteiger partial charge in [0, 0.05) is 24.8 Å². The first kappa shape index (κ1) is 24.0. The first-order valence-electron chi connectivity index (χ1n) is 6.68. The highest BCUT2D eigenvalue weighted by Gasteiger charge is 1.59. The second kappa shape index (κ2) is 30.8. The Morgan fingerprint density at radius 1 is 0.500 bits per heavy atom. The highest BCUT2D eigenvalue weighted by Crippen LogP contribution is 2.09. The van der Waals surface area contributed by atoms with Gasteiger partial charge in [0.1, 0.15) is 0 Å². The van der Waals surface area contributed by atoms with Crippen molar-refractivity contribution in [3.8, 4) is 0 Å². The average Bonchev–Trinajstić information content (AvgIpc) is 2.62. The molecule has 2 heterocycles. The van der Waals surface area contributed by atoms with Crippen LogP contribution in [0.1, 0.15) is 27.7 Å². The van der Waals surface area contributed by atoms with E-state index in [0.717, 1.165) is 0 Å². The Labute approximate surface area is 133 Å². The second-order valence-corrected chi connectivity index (χ2v) is 5.05. The molecule has 0 saturated heterocycles. The zero-order valence-corrected chi connectivity index (χ0v) is 15.1. The van der Waals surface area contributed by atoms with Gasteiger partial charge in [0.05, 0.1) is 0 Å². The molecule has 0 N–H and O–H groups in total. The Balaban J connectivity index is -0.000000196. The van der Waals surface area contributed by atoms with Gasteiger partial charge in [-0.1, -0.05) is 61.4 Å². The molecular formula is C16H28N2S2. The van der Waals surface area contributed by atoms with Gasteiger partial charge in [0.2, 0.25) is 0 Å². The molecule has 20 heavy (non-hydrogen) atoms. The normalized spacial score (nSPS) is 6.90. The van der Waals surface area contributed by atoms with Crippen molar-refractivity contribution in [1.29, 1.82) is 0 Å². The van der Waals surface area contributed by atoms with Crippen molar-refractivity contribution in [2.24, 2.45) is 0 Å². The van der Waals surface area contributed by atoms with E-state index in [1.807, 2.05) is 64.1 Å². The molecule has 4 heteroatoms. The van der Waals surface area contributed by atoms with Crippen LogP contribution in [0.25, 0.3) is 0 Å². The molecule has 0 aliphatic carbocycles. The van der Waals surface area contributed by atoms with Crippen molar-refractivity contribution >= 4 is 21.6 Å². The lowest BCUT2D eigenvalue weighted by Crippen LogP contribution is -1.58. The summed E-state index contributed by atoms with van der Waals surface area (Å²) in [6.07, 6.45) is 11.1. The maximum Gasteiger partial charge on any atom is 0.0267 e. The van der Waals surface area contributed by atoms with Crippen LogP contribution in [0.5, 0.6) is 0 Å². The van der Waals surface area contributed by atoms with E-state index in [1.54, 1.807) is 46.4 Å². The zero-order valence-electron chi connectivity index (χ0n) is 13.5. The van der Waals surface area contributed by atoms with Gasteiger partial charge in [-0.15, -0.1) is 0 Å². The van der Waals surface area contributed by atoms with Gasteiger partial charge in [0.15, 0.2) is 0 Å². The topological polar surface area (TPSA) is 25.8 Å². The zero-order chi connectivity index (χ0) is 15.9. The summed E-state index contributed by atoms with van der Waals surface area (Å²) in [4.78, 5) is 7.57. The number of hydrogen-bond acceptors (Lipinski definition) is 4. The van der Waals surface area contributed by atoms with Crippen LogP contribution in [-0.4, -0.2) is 22.5 Å². The summed E-state index contributed by atoms with van der Waals surface area (Å²) in [5.74, 6) is 0. The quantitative estimate of drug-likeness (QED) is 0.617. The molecular weight excluding hydrogens is 284 g/mol. The molecule has 0 radical (unpaired) electrons. The van der Waals surface area contributed by atoms with E-state index < -0.39 is 0 Å². The molecule has 0 fully saturated rings. The maximum absolute atomic E-state index is 3.78. The molecule has 0 aliphatic rings. The van der Waals surface area contributed by atoms with Crippen molar-refractivity contribution in [1.82, 2.24) is 9.97 Å². The van der Waals surface area contributed by atoms with Crippen molar-refractivity contribution in [3.05, 3.63) is 61.2 Å². The first-order valence-corrected chi connectivity index (χ1v) is 9.65. The predicted octanol–water partition coefficient (Wildman–Crippen LogP) is 5.84. The van der Waals surface area contributed by atoms with Crippen LogP contribution in [0, 0.1) is 0 Å². The lowest BCUT2D eigenvalue weighted by molar-refractivity contribution is 1.33. The molecule has 2 aromatic heterocycles. The summed E-state index contributed by atoms with van der Waals surface area (Å²) < 4.78 is 0. The van der Waals surface area contributed by atoms with Crippen LogP contribution in [0.3, 0.4) is 0 Å². The summed E-state index contributed by atoms with van der Waals surface area (Å²) in [5.41, 5.74) is 0. The SMILES string of the molecule is CC.CC.CSSC.c1ccncc1.c1ccncc1. The smallest absolute Gasteiger partial charge is 0.0267 e. The molecule has 0 bridgehead atoms. The molecule has 0 saturated carbocycles.